The first-order valence-corrected chi connectivity index (χ1v) is 16.8. The van der Waals surface area contributed by atoms with E-state index in [4.69, 9.17) is 0 Å². The fourth-order valence-electron chi connectivity index (χ4n) is 6.90. The van der Waals surface area contributed by atoms with Crippen LogP contribution < -0.4 is 120 Å². The Kier molecular flexibility index (Phi) is 25.8. The summed E-state index contributed by atoms with van der Waals surface area (Å²) in [6, 6.07) is -2.53. The van der Waals surface area contributed by atoms with E-state index in [9.17, 15) is 44.1 Å². The summed E-state index contributed by atoms with van der Waals surface area (Å²) >= 11 is 0. The van der Waals surface area contributed by atoms with Crippen molar-refractivity contribution in [1.29, 1.82) is 0 Å². The minimum atomic E-state index is -1.15. The molecular weight excluding hydrogens is 693 g/mol. The van der Waals surface area contributed by atoms with Gasteiger partial charge in [-0.1, -0.05) is 81.6 Å². The van der Waals surface area contributed by atoms with E-state index in [1.165, 1.54) is 0 Å². The van der Waals surface area contributed by atoms with Crippen LogP contribution in [-0.4, -0.2) is 53.5 Å². The molecular formula is C33H51N6Na3O9. The Balaban J connectivity index is -0.000000658. The van der Waals surface area contributed by atoms with Crippen molar-refractivity contribution >= 4 is 53.5 Å². The molecule has 0 fully saturated rings. The van der Waals surface area contributed by atoms with Crippen molar-refractivity contribution in [1.82, 2.24) is 16.0 Å². The van der Waals surface area contributed by atoms with Crippen LogP contribution in [0.2, 0.25) is 0 Å². The van der Waals surface area contributed by atoms with Gasteiger partial charge in [-0.15, -0.1) is 0 Å². The standard InChI is InChI=1S/3C11H18N2O3.3Na/c3*1-4-6-7(3)11(5-2)8(14)12-10(16)13-9(11)15;;;/h3*7H,4-6H2,1-3H3,(H2,12,13,14,15,16);;;/q;;;3*+1/p-3. The molecule has 0 aromatic rings. The van der Waals surface area contributed by atoms with Gasteiger partial charge in [0.25, 0.3) is 0 Å². The molecule has 6 unspecified atom stereocenters. The van der Waals surface area contributed by atoms with Gasteiger partial charge in [0.2, 0.25) is 17.7 Å². The van der Waals surface area contributed by atoms with Crippen molar-refractivity contribution in [2.24, 2.45) is 49.0 Å². The third-order valence-electron chi connectivity index (χ3n) is 9.99. The quantitative estimate of drug-likeness (QED) is 0.161. The molecule has 3 aliphatic rings. The molecule has 6 atom stereocenters. The fraction of sp³-hybridized carbons (Fsp3) is 0.727. The smallest absolute Gasteiger partial charge is 0.861 e. The van der Waals surface area contributed by atoms with E-state index in [1.54, 1.807) is 20.8 Å². The van der Waals surface area contributed by atoms with Gasteiger partial charge in [0.1, 0.15) is 0 Å². The average Bonchev–Trinajstić information content (AvgIpc) is 2.98. The van der Waals surface area contributed by atoms with E-state index in [0.29, 0.717) is 19.3 Å². The van der Waals surface area contributed by atoms with Gasteiger partial charge in [-0.3, -0.25) is 30.3 Å². The summed E-state index contributed by atoms with van der Waals surface area (Å²) in [5.74, 6) is -3.59. The summed E-state index contributed by atoms with van der Waals surface area (Å²) in [6.07, 6.45) is 6.05. The first-order chi connectivity index (χ1) is 22.5. The van der Waals surface area contributed by atoms with Gasteiger partial charge in [0.05, 0.1) is 16.2 Å². The molecule has 3 N–H and O–H groups in total. The molecule has 0 aromatic heterocycles. The third kappa shape index (κ3) is 11.9. The number of aliphatic imine (C=N–C) groups is 3. The van der Waals surface area contributed by atoms with E-state index < -0.39 is 69.8 Å². The number of hydrogen-bond acceptors (Lipinski definition) is 9. The zero-order chi connectivity index (χ0) is 37.0. The Bertz CT molecular complexity index is 1190. The fourth-order valence-corrected chi connectivity index (χ4v) is 6.90. The van der Waals surface area contributed by atoms with Crippen molar-refractivity contribution in [2.75, 3.05) is 0 Å². The number of carbonyl (C=O) groups excluding carboxylic acids is 6. The second kappa shape index (κ2) is 24.3. The van der Waals surface area contributed by atoms with Crippen LogP contribution in [0.25, 0.3) is 0 Å². The molecule has 0 bridgehead atoms. The summed E-state index contributed by atoms with van der Waals surface area (Å²) in [5, 5.41) is 41.9. The molecule has 3 aliphatic heterocycles. The average molecular weight is 745 g/mol. The van der Waals surface area contributed by atoms with Crippen LogP contribution in [-0.2, 0) is 14.4 Å². The van der Waals surface area contributed by atoms with E-state index in [2.05, 4.69) is 30.9 Å². The molecule has 3 heterocycles. The number of nitrogens with zero attached hydrogens (tertiary/aromatic N) is 3. The Labute approximate surface area is 367 Å². The number of nitrogens with one attached hydrogen (secondary N) is 3. The van der Waals surface area contributed by atoms with E-state index >= 15 is 0 Å². The Morgan fingerprint density at radius 1 is 0.471 bits per heavy atom. The molecule has 9 amide bonds. The molecule has 51 heavy (non-hydrogen) atoms. The predicted octanol–water partition coefficient (Wildman–Crippen LogP) is -6.51. The van der Waals surface area contributed by atoms with Crippen molar-refractivity contribution in [3.8, 4) is 0 Å². The maximum Gasteiger partial charge on any atom is 1.00 e. The molecule has 3 rings (SSSR count). The van der Waals surface area contributed by atoms with Gasteiger partial charge >= 0.3 is 107 Å². The minimum absolute atomic E-state index is 0. The molecule has 0 radical (unpaired) electrons. The maximum atomic E-state index is 11.9. The first kappa shape index (κ1) is 54.2. The summed E-state index contributed by atoms with van der Waals surface area (Å²) in [7, 11) is 0. The number of rotatable bonds is 12. The van der Waals surface area contributed by atoms with Gasteiger partial charge < -0.3 is 15.3 Å². The summed E-state index contributed by atoms with van der Waals surface area (Å²) in [4.78, 5) is 78.5. The van der Waals surface area contributed by atoms with Crippen molar-refractivity contribution in [2.45, 2.75) is 120 Å². The molecule has 0 saturated carbocycles. The Morgan fingerprint density at radius 2 is 0.667 bits per heavy atom. The normalized spacial score (nSPS) is 25.7. The van der Waals surface area contributed by atoms with Crippen molar-refractivity contribution in [3.05, 3.63) is 0 Å². The molecule has 0 aromatic carbocycles. The van der Waals surface area contributed by atoms with Gasteiger partial charge in [-0.05, 0) is 74.0 Å². The van der Waals surface area contributed by atoms with Crippen molar-refractivity contribution < 1.29 is 133 Å². The summed E-state index contributed by atoms with van der Waals surface area (Å²) in [5.41, 5.74) is -3.45. The van der Waals surface area contributed by atoms with Gasteiger partial charge in [0, 0.05) is 0 Å². The SMILES string of the molecule is CCCC(C)C1(CC)C(=O)NC(=O)N=C1[O-].CCCC(C)C1(CC)C(=O)NC(=O)N=C1[O-].CCCC(C)C1(CC)C(=O)NC(=O)N=C1[O-].[Na+].[Na+].[Na+]. The Morgan fingerprint density at radius 3 is 0.804 bits per heavy atom. The zero-order valence-corrected chi connectivity index (χ0v) is 38.6. The van der Waals surface area contributed by atoms with Crippen LogP contribution in [0.15, 0.2) is 15.0 Å². The number of urea groups is 3. The Hall–Kier alpha value is -1.17. The number of hydrogen-bond donors (Lipinski definition) is 3. The molecule has 0 saturated heterocycles. The second-order valence-corrected chi connectivity index (χ2v) is 12.6. The summed E-state index contributed by atoms with van der Waals surface area (Å²) < 4.78 is 0. The van der Waals surface area contributed by atoms with E-state index in [1.807, 2.05) is 41.5 Å². The predicted molar refractivity (Wildman–Crippen MR) is 173 cm³/mol. The largest absolute Gasteiger partial charge is 1.00 e. The van der Waals surface area contributed by atoms with Crippen LogP contribution in [0.4, 0.5) is 14.4 Å². The van der Waals surface area contributed by atoms with Crippen molar-refractivity contribution in [3.63, 3.8) is 0 Å². The second-order valence-electron chi connectivity index (χ2n) is 12.6. The van der Waals surface area contributed by atoms with Gasteiger partial charge in [0.15, 0.2) is 0 Å². The van der Waals surface area contributed by atoms with E-state index in [-0.39, 0.29) is 106 Å². The number of amides is 9. The molecule has 15 nitrogen and oxygen atoms in total. The molecule has 270 valence electrons. The van der Waals surface area contributed by atoms with Crippen LogP contribution >= 0.6 is 0 Å². The van der Waals surface area contributed by atoms with Crippen LogP contribution in [0, 0.1) is 34.0 Å². The molecule has 18 heteroatoms. The first-order valence-electron chi connectivity index (χ1n) is 16.8. The van der Waals surface area contributed by atoms with Crippen LogP contribution in [0.1, 0.15) is 120 Å². The number of carbonyl (C=O) groups is 6. The topological polar surface area (TPSA) is 245 Å². The third-order valence-corrected chi connectivity index (χ3v) is 9.99. The minimum Gasteiger partial charge on any atom is -0.861 e. The van der Waals surface area contributed by atoms with E-state index in [0.717, 1.165) is 38.5 Å². The summed E-state index contributed by atoms with van der Waals surface area (Å²) in [6.45, 7) is 16.9. The molecule has 0 spiro atoms. The van der Waals surface area contributed by atoms with Gasteiger partial charge in [-0.2, -0.15) is 0 Å². The van der Waals surface area contributed by atoms with Gasteiger partial charge in [-0.25, -0.2) is 29.4 Å². The zero-order valence-electron chi connectivity index (χ0n) is 32.6. The molecule has 0 aliphatic carbocycles. The number of imide groups is 3. The maximum absolute atomic E-state index is 11.9. The van der Waals surface area contributed by atoms with Crippen LogP contribution in [0.5, 0.6) is 0 Å². The van der Waals surface area contributed by atoms with Crippen LogP contribution in [0.3, 0.4) is 0 Å². The monoisotopic (exact) mass is 744 g/mol.